The average molecular weight is 195 g/mol. The number of nitrogens with one attached hydrogen (secondary N) is 1. The van der Waals surface area contributed by atoms with Crippen molar-refractivity contribution in [2.24, 2.45) is 0 Å². The van der Waals surface area contributed by atoms with Gasteiger partial charge in [-0.15, -0.1) is 5.10 Å². The lowest BCUT2D eigenvalue weighted by molar-refractivity contribution is 0.210. The van der Waals surface area contributed by atoms with Gasteiger partial charge in [0.05, 0.1) is 11.9 Å². The number of rotatable bonds is 1. The fraction of sp³-hybridized carbons (Fsp3) is 0. The number of nitrogens with zero attached hydrogens (tertiary/aromatic N) is 2. The molecular weight excluding hydrogens is 189 g/mol. The van der Waals surface area contributed by atoms with Crippen LogP contribution in [-0.4, -0.2) is 21.2 Å². The molecule has 1 aromatic heterocycles. The van der Waals surface area contributed by atoms with Crippen LogP contribution in [-0.2, 0) is 0 Å². The van der Waals surface area contributed by atoms with E-state index in [9.17, 15) is 9.28 Å². The molecule has 0 aliphatic carbocycles. The molecule has 72 valence electrons. The van der Waals surface area contributed by atoms with E-state index < -0.39 is 6.09 Å². The molecular formula is C8H6FN3O2. The van der Waals surface area contributed by atoms with Crippen LogP contribution in [0.1, 0.15) is 0 Å². The third kappa shape index (κ3) is 1.26. The first-order valence-corrected chi connectivity index (χ1v) is 3.81. The van der Waals surface area contributed by atoms with Gasteiger partial charge in [0.15, 0.2) is 0 Å². The number of halogens is 1. The van der Waals surface area contributed by atoms with E-state index in [4.69, 9.17) is 5.11 Å². The standard InChI is InChI=1S/C8H6FN3O2/c9-12-7-3-1-2-6(11-8(13)14)5(7)4-10-12/h1-4,11H,(H,13,14). The molecule has 6 heteroatoms. The summed E-state index contributed by atoms with van der Waals surface area (Å²) >= 11 is 0. The highest BCUT2D eigenvalue weighted by Gasteiger charge is 2.07. The van der Waals surface area contributed by atoms with Gasteiger partial charge in [-0.1, -0.05) is 15.5 Å². The van der Waals surface area contributed by atoms with Crippen molar-refractivity contribution in [3.8, 4) is 0 Å². The summed E-state index contributed by atoms with van der Waals surface area (Å²) in [5, 5.41) is 14.5. The van der Waals surface area contributed by atoms with E-state index in [1.807, 2.05) is 0 Å². The topological polar surface area (TPSA) is 67.2 Å². The zero-order valence-electron chi connectivity index (χ0n) is 6.94. The third-order valence-electron chi connectivity index (χ3n) is 1.81. The number of hydrogen-bond donors (Lipinski definition) is 2. The number of fused-ring (bicyclic) bond motifs is 1. The van der Waals surface area contributed by atoms with Crippen LogP contribution in [0.15, 0.2) is 24.4 Å². The van der Waals surface area contributed by atoms with Gasteiger partial charge < -0.3 is 5.11 Å². The summed E-state index contributed by atoms with van der Waals surface area (Å²) in [7, 11) is 0. The Morgan fingerprint density at radius 3 is 3.07 bits per heavy atom. The van der Waals surface area contributed by atoms with E-state index in [0.717, 1.165) is 0 Å². The zero-order valence-corrected chi connectivity index (χ0v) is 6.94. The number of aromatic nitrogens is 2. The Balaban J connectivity index is 2.59. The van der Waals surface area contributed by atoms with Crippen molar-refractivity contribution in [1.29, 1.82) is 0 Å². The van der Waals surface area contributed by atoms with Crippen LogP contribution in [0.25, 0.3) is 10.9 Å². The number of anilines is 1. The lowest BCUT2D eigenvalue weighted by atomic mass is 10.2. The maximum absolute atomic E-state index is 12.9. The van der Waals surface area contributed by atoms with Crippen LogP contribution in [0, 0.1) is 0 Å². The van der Waals surface area contributed by atoms with E-state index in [0.29, 0.717) is 11.1 Å². The molecule has 0 unspecified atom stereocenters. The summed E-state index contributed by atoms with van der Waals surface area (Å²) in [6.45, 7) is 0. The SMILES string of the molecule is O=C(O)Nc1cccc2c1cnn2F. The number of carboxylic acid groups (broad SMARTS) is 1. The smallest absolute Gasteiger partial charge is 0.409 e. The maximum atomic E-state index is 12.9. The molecule has 0 saturated heterocycles. The van der Waals surface area contributed by atoms with Crippen LogP contribution in [0.5, 0.6) is 0 Å². The van der Waals surface area contributed by atoms with Gasteiger partial charge in [-0.05, 0) is 12.1 Å². The lowest BCUT2D eigenvalue weighted by Crippen LogP contribution is -2.07. The minimum atomic E-state index is -1.19. The summed E-state index contributed by atoms with van der Waals surface area (Å²) < 4.78 is 12.9. The van der Waals surface area contributed by atoms with Crippen LogP contribution in [0.4, 0.5) is 15.0 Å². The number of hydrogen-bond acceptors (Lipinski definition) is 2. The fourth-order valence-electron chi connectivity index (χ4n) is 1.24. The molecule has 0 bridgehead atoms. The Morgan fingerprint density at radius 1 is 1.57 bits per heavy atom. The van der Waals surface area contributed by atoms with Crippen molar-refractivity contribution < 1.29 is 14.4 Å². The van der Waals surface area contributed by atoms with Gasteiger partial charge in [-0.25, -0.2) is 4.79 Å². The van der Waals surface area contributed by atoms with Gasteiger partial charge in [-0.3, -0.25) is 5.32 Å². The number of amides is 1. The molecule has 1 amide bonds. The largest absolute Gasteiger partial charge is 0.465 e. The summed E-state index contributed by atoms with van der Waals surface area (Å²) in [4.78, 5) is 10.6. The Labute approximate surface area is 77.7 Å². The number of benzene rings is 1. The van der Waals surface area contributed by atoms with E-state index in [1.165, 1.54) is 18.3 Å². The van der Waals surface area contributed by atoms with Crippen LogP contribution in [0.3, 0.4) is 0 Å². The lowest BCUT2D eigenvalue weighted by Gasteiger charge is -2.00. The minimum Gasteiger partial charge on any atom is -0.465 e. The van der Waals surface area contributed by atoms with E-state index in [2.05, 4.69) is 10.4 Å². The second-order valence-electron chi connectivity index (χ2n) is 2.67. The molecule has 0 aliphatic rings. The van der Waals surface area contributed by atoms with Gasteiger partial charge in [0.25, 0.3) is 0 Å². The highest BCUT2D eigenvalue weighted by molar-refractivity contribution is 5.97. The second-order valence-corrected chi connectivity index (χ2v) is 2.67. The molecule has 0 saturated carbocycles. The van der Waals surface area contributed by atoms with Crippen molar-refractivity contribution in [2.45, 2.75) is 0 Å². The fourth-order valence-corrected chi connectivity index (χ4v) is 1.24. The van der Waals surface area contributed by atoms with E-state index in [-0.39, 0.29) is 10.4 Å². The Bertz CT molecular complexity index is 494. The summed E-state index contributed by atoms with van der Waals surface area (Å²) in [6, 6.07) is 4.60. The molecule has 1 heterocycles. The quantitative estimate of drug-likeness (QED) is 0.729. The van der Waals surface area contributed by atoms with Crippen molar-refractivity contribution in [3.05, 3.63) is 24.4 Å². The molecule has 2 aromatic rings. The van der Waals surface area contributed by atoms with Crippen LogP contribution >= 0.6 is 0 Å². The Morgan fingerprint density at radius 2 is 2.36 bits per heavy atom. The van der Waals surface area contributed by atoms with E-state index >= 15 is 0 Å². The van der Waals surface area contributed by atoms with Crippen molar-refractivity contribution in [3.63, 3.8) is 0 Å². The third-order valence-corrected chi connectivity index (χ3v) is 1.81. The molecule has 0 fully saturated rings. The molecule has 0 radical (unpaired) electrons. The zero-order chi connectivity index (χ0) is 10.1. The molecule has 0 atom stereocenters. The van der Waals surface area contributed by atoms with Crippen LogP contribution < -0.4 is 5.32 Å². The highest BCUT2D eigenvalue weighted by Crippen LogP contribution is 2.22. The first-order chi connectivity index (χ1) is 6.68. The van der Waals surface area contributed by atoms with E-state index in [1.54, 1.807) is 6.07 Å². The van der Waals surface area contributed by atoms with Gasteiger partial charge in [0.1, 0.15) is 5.52 Å². The first-order valence-electron chi connectivity index (χ1n) is 3.81. The van der Waals surface area contributed by atoms with Gasteiger partial charge >= 0.3 is 6.09 Å². The molecule has 14 heavy (non-hydrogen) atoms. The van der Waals surface area contributed by atoms with Crippen LogP contribution in [0.2, 0.25) is 0 Å². The molecule has 1 aromatic carbocycles. The normalized spacial score (nSPS) is 10.4. The highest BCUT2D eigenvalue weighted by atomic mass is 19.2. The monoisotopic (exact) mass is 195 g/mol. The number of carbonyl (C=O) groups is 1. The van der Waals surface area contributed by atoms with Gasteiger partial charge in [0, 0.05) is 5.39 Å². The second kappa shape index (κ2) is 2.99. The summed E-state index contributed by atoms with van der Waals surface area (Å²) in [5.41, 5.74) is 0.551. The molecule has 5 nitrogen and oxygen atoms in total. The molecule has 2 N–H and O–H groups in total. The maximum Gasteiger partial charge on any atom is 0.409 e. The predicted molar refractivity (Wildman–Crippen MR) is 47.9 cm³/mol. The van der Waals surface area contributed by atoms with Gasteiger partial charge in [-0.2, -0.15) is 0 Å². The summed E-state index contributed by atoms with van der Waals surface area (Å²) in [6.07, 6.45) is 0.0739. The predicted octanol–water partition coefficient (Wildman–Crippen LogP) is 1.86. The minimum absolute atomic E-state index is 0.197. The molecule has 0 aliphatic heterocycles. The van der Waals surface area contributed by atoms with Crippen molar-refractivity contribution >= 4 is 22.7 Å². The molecule has 0 spiro atoms. The molecule has 2 rings (SSSR count). The van der Waals surface area contributed by atoms with Crippen molar-refractivity contribution in [2.75, 3.05) is 5.32 Å². The van der Waals surface area contributed by atoms with Gasteiger partial charge in [0.2, 0.25) is 0 Å². The first kappa shape index (κ1) is 8.49. The Kier molecular flexibility index (Phi) is 1.81. The average Bonchev–Trinajstić information content (AvgIpc) is 2.49. The summed E-state index contributed by atoms with van der Waals surface area (Å²) in [5.74, 6) is 0. The Hall–Kier alpha value is -2.11. The van der Waals surface area contributed by atoms with Crippen molar-refractivity contribution in [1.82, 2.24) is 10.0 Å².